The van der Waals surface area contributed by atoms with Gasteiger partial charge in [-0.1, -0.05) is 276 Å². The van der Waals surface area contributed by atoms with Crippen molar-refractivity contribution < 1.29 is 115 Å². The summed E-state index contributed by atoms with van der Waals surface area (Å²) in [6.07, 6.45) is 9.95. The maximum Gasteiger partial charge on any atom is 2.00 e. The molecule has 0 N–H and O–H groups in total. The summed E-state index contributed by atoms with van der Waals surface area (Å²) in [5, 5.41) is 45.1. The molecule has 0 saturated heterocycles. The molecule has 19 rings (SSSR count). The number of carbonyl (C=O) groups excluding carboxylic acids is 2. The van der Waals surface area contributed by atoms with E-state index in [9.17, 15) is 9.59 Å². The normalized spacial score (nSPS) is 11.1. The number of benzene rings is 8. The fourth-order valence-electron chi connectivity index (χ4n) is 14.7. The number of hydrogen-bond acceptors (Lipinski definition) is 15. The van der Waals surface area contributed by atoms with Crippen molar-refractivity contribution >= 4 is 55.6 Å². The van der Waals surface area contributed by atoms with Gasteiger partial charge in [0.1, 0.15) is 11.8 Å². The molecule has 11 heterocycles. The van der Waals surface area contributed by atoms with Gasteiger partial charge in [0.2, 0.25) is 0 Å². The Bertz CT molecular complexity index is 7210. The van der Waals surface area contributed by atoms with Gasteiger partial charge in [0.25, 0.3) is 0 Å². The van der Waals surface area contributed by atoms with Crippen molar-refractivity contribution in [3.63, 3.8) is 0 Å². The SMILES string of the molecule is CC(=NCc1cccc2ccc(-c3ccccn3)[c-]c12)c1[c-]cccc1.CC(C)(C)c1cc(-c2cccc(CC[N-]C(=O)c3ccccn3)n2)[n-]n1.CC(C)(C)c1cc(-c2nc(CC[N-]Cc3ccccn3)cc3ccccc23)[n-]n1.Cc1cc(-c2cccc(C(C)(C)C[N-]C(=O)c3ccccn3)n2)[n-]n1.[Pt+2].[Pt+2].[Pt+2].[Pt+2].[Pt+2].[c-]1ccccc1C(=NCc1cccc2ccc(-c3ccccn3)[c-]c12)c1ccccc1. The minimum absolute atomic E-state index is 0. The maximum absolute atomic E-state index is 12.1. The molecule has 724 valence electrons. The third-order valence-corrected chi connectivity index (χ3v) is 22.3. The number of carbonyl (C=O) groups is 2. The van der Waals surface area contributed by atoms with Gasteiger partial charge < -0.3 is 66.1 Å². The summed E-state index contributed by atoms with van der Waals surface area (Å²) in [4.78, 5) is 69.4. The molecule has 0 radical (unpaired) electrons. The molecule has 0 fully saturated rings. The van der Waals surface area contributed by atoms with E-state index < -0.39 is 5.41 Å². The number of fused-ring (bicyclic) bond motifs is 3. The minimum atomic E-state index is -0.393. The van der Waals surface area contributed by atoms with Crippen molar-refractivity contribution in [2.75, 3.05) is 19.6 Å². The second-order valence-electron chi connectivity index (χ2n) is 35.2. The minimum Gasteiger partial charge on any atom is -0.657 e. The molecule has 0 atom stereocenters. The van der Waals surface area contributed by atoms with Gasteiger partial charge in [-0.3, -0.25) is 39.9 Å². The average molecular weight is 2770 g/mol. The van der Waals surface area contributed by atoms with E-state index in [0.717, 1.165) is 169 Å². The average Bonchev–Trinajstić information content (AvgIpc) is 1.70. The number of aromatic nitrogens is 14. The molecule has 0 bridgehead atoms. The van der Waals surface area contributed by atoms with Crippen LogP contribution < -0.4 is 15.3 Å². The van der Waals surface area contributed by atoms with Gasteiger partial charge in [-0.05, 0) is 126 Å². The van der Waals surface area contributed by atoms with Crippen LogP contribution in [0.3, 0.4) is 0 Å². The first-order valence-corrected chi connectivity index (χ1v) is 45.5. The van der Waals surface area contributed by atoms with E-state index >= 15 is 0 Å². The van der Waals surface area contributed by atoms with Crippen molar-refractivity contribution in [2.45, 2.75) is 118 Å². The predicted octanol–water partition coefficient (Wildman–Crippen LogP) is 23.9. The van der Waals surface area contributed by atoms with Crippen LogP contribution in [0.2, 0.25) is 0 Å². The van der Waals surface area contributed by atoms with Crippen LogP contribution in [0.5, 0.6) is 0 Å². The summed E-state index contributed by atoms with van der Waals surface area (Å²) in [6.45, 7) is 23.9. The quantitative estimate of drug-likeness (QED) is 0.0292. The number of aliphatic imine (C=N–C) groups is 2. The Morgan fingerprint density at radius 1 is 0.387 bits per heavy atom. The number of amides is 2. The van der Waals surface area contributed by atoms with Crippen molar-refractivity contribution in [1.82, 2.24) is 70.5 Å². The fraction of sp³-hybridized carbons (Fsp3) is 0.181. The van der Waals surface area contributed by atoms with Gasteiger partial charge in [0, 0.05) is 123 Å². The zero-order chi connectivity index (χ0) is 95.4. The molecule has 8 aromatic carbocycles. The van der Waals surface area contributed by atoms with E-state index in [-0.39, 0.29) is 128 Å². The Morgan fingerprint density at radius 3 is 1.43 bits per heavy atom. The first-order valence-electron chi connectivity index (χ1n) is 45.5. The Balaban J connectivity index is 0.000000181. The summed E-state index contributed by atoms with van der Waals surface area (Å²) in [5.41, 5.74) is 22.7. The van der Waals surface area contributed by atoms with Crippen molar-refractivity contribution in [1.29, 1.82) is 0 Å². The van der Waals surface area contributed by atoms with E-state index in [1.54, 1.807) is 55.0 Å². The van der Waals surface area contributed by atoms with Crippen LogP contribution in [0.15, 0.2) is 356 Å². The Labute approximate surface area is 902 Å². The van der Waals surface area contributed by atoms with Gasteiger partial charge in [0.05, 0.1) is 17.1 Å². The van der Waals surface area contributed by atoms with Crippen molar-refractivity contribution in [3.05, 3.63) is 466 Å². The van der Waals surface area contributed by atoms with Crippen LogP contribution in [-0.4, -0.2) is 98.0 Å². The molecular formula is C116H103N19O2Pt5. The molecule has 21 nitrogen and oxygen atoms in total. The molecule has 2 amide bonds. The second-order valence-corrected chi connectivity index (χ2v) is 35.2. The Kier molecular flexibility index (Phi) is 42.5. The van der Waals surface area contributed by atoms with Gasteiger partial charge in [-0.2, -0.15) is 0 Å². The first kappa shape index (κ1) is 111. The molecular weight excluding hydrogens is 2670 g/mol. The van der Waals surface area contributed by atoms with E-state index in [1.807, 2.05) is 210 Å². The van der Waals surface area contributed by atoms with E-state index in [2.05, 4.69) is 256 Å². The molecule has 0 unspecified atom stereocenters. The predicted molar refractivity (Wildman–Crippen MR) is 546 cm³/mol. The molecule has 19 aromatic rings. The second kappa shape index (κ2) is 54.3. The van der Waals surface area contributed by atoms with Gasteiger partial charge in [-0.15, -0.1) is 145 Å². The smallest absolute Gasteiger partial charge is 0.657 e. The van der Waals surface area contributed by atoms with Crippen LogP contribution in [0, 0.1) is 31.2 Å². The Hall–Kier alpha value is -12.9. The summed E-state index contributed by atoms with van der Waals surface area (Å²) < 4.78 is 0. The fourth-order valence-corrected chi connectivity index (χ4v) is 14.7. The van der Waals surface area contributed by atoms with Gasteiger partial charge >= 0.3 is 105 Å². The molecule has 26 heteroatoms. The maximum atomic E-state index is 12.1. The largest absolute Gasteiger partial charge is 2.00 e. The van der Waals surface area contributed by atoms with Crippen molar-refractivity contribution in [3.8, 4) is 56.7 Å². The number of rotatable bonds is 25. The zero-order valence-electron chi connectivity index (χ0n) is 80.0. The van der Waals surface area contributed by atoms with Gasteiger partial charge in [0.15, 0.2) is 0 Å². The summed E-state index contributed by atoms with van der Waals surface area (Å²) in [5.74, 6) is -0.624. The topological polar surface area (TPSA) is 285 Å². The molecule has 11 aromatic heterocycles. The number of nitrogens with zero attached hydrogens (tertiary/aromatic N) is 19. The third kappa shape index (κ3) is 31.3. The van der Waals surface area contributed by atoms with Crippen LogP contribution in [0.1, 0.15) is 151 Å². The van der Waals surface area contributed by atoms with Crippen molar-refractivity contribution in [2.24, 2.45) is 9.98 Å². The standard InChI is InChI=1S/C29H20N2.C24H25N5.C24H18N2.C20H22N5O.C19H20N5O.5Pt/c1-3-10-23(11-4-1)29(24-12-5-2-6-13-24)31-21-26-15-9-14-22-17-18-25(20-27(22)26)28-16-7-8-19-30-28;1-24(2,3)22-15-21(28-29-22)23-20-10-5-4-8-17(20)14-18(27-23)11-13-25-16-19-9-6-7-12-26-19;1-18(19-8-3-2-4-9-19)26-17-22-11-7-10-20-13-14-21(16-23(20)22)24-12-5-6-15-25-24;1-20(2,3)18-13-17(24-25-18)15-9-6-7-14(23-15)10-12-22-19(26)16-8-4-5-11-21-16;1-13-11-16(24-23-13)14-8-6-9-17(22-14)19(2,3)12-21-18(25)15-7-4-5-10-20-15;;;;;/h1-12,14-19H,21H2;4-10,12,14-15H,11,13,16H2,1-3H3;2-8,10-15H,17H2,1H3;4-9,11,13H,10,12H2,1-3H3,(H-,22,23,24,25,26);4-11H,12H2,1-3H3,(H-,21,22,23,24,25);;;;;/q3*-2;2*-1;5*+2/p-2. The molecule has 0 spiro atoms. The van der Waals surface area contributed by atoms with Crippen LogP contribution >= 0.6 is 0 Å². The van der Waals surface area contributed by atoms with Crippen LogP contribution in [-0.2, 0) is 154 Å². The van der Waals surface area contributed by atoms with Crippen LogP contribution in [0.25, 0.3) is 105 Å². The number of hydrogen-bond donors (Lipinski definition) is 0. The van der Waals surface area contributed by atoms with Crippen LogP contribution in [0.4, 0.5) is 0 Å². The van der Waals surface area contributed by atoms with E-state index in [1.165, 1.54) is 5.39 Å². The molecule has 0 saturated carbocycles. The first-order chi connectivity index (χ1) is 66.6. The Morgan fingerprint density at radius 2 is 0.873 bits per heavy atom. The molecule has 142 heavy (non-hydrogen) atoms. The van der Waals surface area contributed by atoms with Gasteiger partial charge in [-0.25, -0.2) is 0 Å². The zero-order valence-corrected chi connectivity index (χ0v) is 91.3. The molecule has 0 aliphatic heterocycles. The number of aryl methyl sites for hydroxylation is 1. The summed E-state index contributed by atoms with van der Waals surface area (Å²) >= 11 is 0. The monoisotopic (exact) mass is 2770 g/mol. The summed E-state index contributed by atoms with van der Waals surface area (Å²) in [7, 11) is 0. The summed E-state index contributed by atoms with van der Waals surface area (Å²) in [6, 6.07) is 117. The molecule has 0 aliphatic rings. The van der Waals surface area contributed by atoms with E-state index in [4.69, 9.17) is 15.0 Å². The van der Waals surface area contributed by atoms with E-state index in [0.29, 0.717) is 57.1 Å². The molecule has 0 aliphatic carbocycles. The third-order valence-electron chi connectivity index (χ3n) is 22.3. The number of pyridine rings is 8.